The Morgan fingerprint density at radius 2 is 1.03 bits per heavy atom. The summed E-state index contributed by atoms with van der Waals surface area (Å²) >= 11 is 0. The van der Waals surface area contributed by atoms with Gasteiger partial charge in [0.15, 0.2) is 0 Å². The predicted molar refractivity (Wildman–Crippen MR) is 134 cm³/mol. The van der Waals surface area contributed by atoms with Crippen LogP contribution in [0.1, 0.15) is 39.1 Å². The molecule has 0 aliphatic heterocycles. The Kier molecular flexibility index (Phi) is 23.0. The number of hydrogen-bond acceptors (Lipinski definition) is 3. The van der Waals surface area contributed by atoms with Gasteiger partial charge in [-0.25, -0.2) is 0 Å². The Bertz CT molecular complexity index is 674. The van der Waals surface area contributed by atoms with E-state index in [1.807, 2.05) is 106 Å². The normalized spacial score (nSPS) is 7.70. The van der Waals surface area contributed by atoms with Crippen molar-refractivity contribution < 1.29 is 0 Å². The molecule has 0 unspecified atom stereocenters. The summed E-state index contributed by atoms with van der Waals surface area (Å²) < 4.78 is 0. The predicted octanol–water partition coefficient (Wildman–Crippen LogP) is 7.76. The Hall–Kier alpha value is -3.33. The summed E-state index contributed by atoms with van der Waals surface area (Å²) in [7, 11) is 0. The molecule has 0 aliphatic carbocycles. The van der Waals surface area contributed by atoms with Gasteiger partial charge in [-0.1, -0.05) is 70.8 Å². The van der Waals surface area contributed by atoms with Crippen LogP contribution in [0.3, 0.4) is 0 Å². The van der Waals surface area contributed by atoms with Gasteiger partial charge in [0, 0.05) is 36.7 Å². The van der Waals surface area contributed by atoms with E-state index in [1.54, 1.807) is 24.8 Å². The summed E-state index contributed by atoms with van der Waals surface area (Å²) in [4.78, 5) is 11.7. The quantitative estimate of drug-likeness (QED) is 0.300. The molecule has 0 saturated heterocycles. The fraction of sp³-hybridized carbons (Fsp3) is 0.222. The van der Waals surface area contributed by atoms with Gasteiger partial charge in [0.1, 0.15) is 0 Å². The summed E-state index contributed by atoms with van der Waals surface area (Å²) in [5.41, 5.74) is 3.54. The van der Waals surface area contributed by atoms with E-state index < -0.39 is 0 Å². The van der Waals surface area contributed by atoms with Crippen LogP contribution < -0.4 is 0 Å². The van der Waals surface area contributed by atoms with Crippen molar-refractivity contribution in [3.05, 3.63) is 127 Å². The highest BCUT2D eigenvalue weighted by Gasteiger charge is 1.74. The average Bonchev–Trinajstić information content (AvgIpc) is 2.73. The van der Waals surface area contributed by atoms with Crippen LogP contribution in [0.15, 0.2) is 110 Å². The minimum Gasteiger partial charge on any atom is -0.265 e. The summed E-state index contributed by atoms with van der Waals surface area (Å²) in [6.45, 7) is 6.04. The summed E-state index contributed by atoms with van der Waals surface area (Å²) in [5.74, 6) is 0. The van der Waals surface area contributed by atoms with E-state index in [9.17, 15) is 0 Å². The van der Waals surface area contributed by atoms with Crippen LogP contribution in [0, 0.1) is 20.8 Å². The third kappa shape index (κ3) is 19.4. The van der Waals surface area contributed by atoms with Crippen LogP contribution >= 0.6 is 0 Å². The first-order valence-electron chi connectivity index (χ1n) is 8.79. The summed E-state index contributed by atoms with van der Waals surface area (Å²) in [6, 6.07) is 25.7. The van der Waals surface area contributed by atoms with Crippen LogP contribution in [0.4, 0.5) is 0 Å². The van der Waals surface area contributed by atoms with E-state index in [2.05, 4.69) is 15.0 Å². The van der Waals surface area contributed by atoms with Crippen LogP contribution in [-0.4, -0.2) is 15.0 Å². The number of aryl methyl sites for hydroxylation is 3. The second-order valence-electron chi connectivity index (χ2n) is 5.68. The highest BCUT2D eigenvalue weighted by atomic mass is 14.6. The largest absolute Gasteiger partial charge is 0.265 e. The zero-order valence-electron chi connectivity index (χ0n) is 16.2. The molecule has 0 amide bonds. The molecule has 30 heavy (non-hydrogen) atoms. The Morgan fingerprint density at radius 3 is 1.27 bits per heavy atom. The van der Waals surface area contributed by atoms with Gasteiger partial charge in [-0.15, -0.1) is 0 Å². The van der Waals surface area contributed by atoms with Gasteiger partial charge < -0.3 is 0 Å². The number of rotatable bonds is 0. The van der Waals surface area contributed by atoms with Crippen LogP contribution in [-0.2, 0) is 0 Å². The zero-order valence-corrected chi connectivity index (χ0v) is 16.2. The molecule has 162 valence electrons. The Morgan fingerprint density at radius 1 is 0.467 bits per heavy atom. The number of nitrogens with zero attached hydrogens (tertiary/aromatic N) is 3. The monoisotopic (exact) mass is 405 g/mol. The third-order valence-electron chi connectivity index (χ3n) is 3.14. The number of benzene rings is 1. The third-order valence-corrected chi connectivity index (χ3v) is 3.14. The Balaban J connectivity index is -0.000000314. The average molecular weight is 406 g/mol. The van der Waals surface area contributed by atoms with Gasteiger partial charge >= 0.3 is 0 Å². The van der Waals surface area contributed by atoms with Crippen molar-refractivity contribution in [3.63, 3.8) is 0 Å². The highest BCUT2D eigenvalue weighted by molar-refractivity contribution is 5.06. The molecule has 3 heterocycles. The first-order chi connectivity index (χ1) is 13.2. The van der Waals surface area contributed by atoms with Gasteiger partial charge in [0.05, 0.1) is 0 Å². The molecule has 0 aliphatic rings. The van der Waals surface area contributed by atoms with Crippen LogP contribution in [0.2, 0.25) is 0 Å². The first-order valence-corrected chi connectivity index (χ1v) is 8.79. The topological polar surface area (TPSA) is 38.7 Å². The maximum Gasteiger partial charge on any atom is 0.0372 e. The lowest BCUT2D eigenvalue weighted by atomic mass is 10.3. The molecule has 3 aromatic heterocycles. The van der Waals surface area contributed by atoms with E-state index in [0.29, 0.717) is 0 Å². The van der Waals surface area contributed by atoms with Crippen LogP contribution in [0.25, 0.3) is 0 Å². The molecule has 4 aromatic rings. The minimum atomic E-state index is 0. The highest BCUT2D eigenvalue weighted by Crippen LogP contribution is 1.89. The van der Waals surface area contributed by atoms with Crippen molar-refractivity contribution in [2.24, 2.45) is 0 Å². The molecule has 0 spiro atoms. The molecule has 4 rings (SSSR count). The SMILES string of the molecule is C.C.C.Cc1ccccn1.Cc1cccnc1.Cc1ccncc1.c1ccccc1. The van der Waals surface area contributed by atoms with Gasteiger partial charge in [-0.05, 0) is 62.2 Å². The molecule has 0 N–H and O–H groups in total. The molecule has 0 atom stereocenters. The second-order valence-corrected chi connectivity index (χ2v) is 5.68. The van der Waals surface area contributed by atoms with Crippen molar-refractivity contribution in [3.8, 4) is 0 Å². The van der Waals surface area contributed by atoms with Crippen molar-refractivity contribution >= 4 is 0 Å². The van der Waals surface area contributed by atoms with Crippen LogP contribution in [0.5, 0.6) is 0 Å². The molecule has 1 aromatic carbocycles. The Labute approximate surface area is 184 Å². The van der Waals surface area contributed by atoms with Crippen molar-refractivity contribution in [1.29, 1.82) is 0 Å². The maximum atomic E-state index is 3.98. The molecule has 3 nitrogen and oxygen atoms in total. The summed E-state index contributed by atoms with van der Waals surface area (Å²) in [5, 5.41) is 0. The van der Waals surface area contributed by atoms with E-state index >= 15 is 0 Å². The molecule has 0 bridgehead atoms. The fourth-order valence-electron chi connectivity index (χ4n) is 1.71. The fourth-order valence-corrected chi connectivity index (χ4v) is 1.71. The van der Waals surface area contributed by atoms with Crippen molar-refractivity contribution in [2.75, 3.05) is 0 Å². The molecular formula is C27H39N3. The first kappa shape index (κ1) is 31.4. The van der Waals surface area contributed by atoms with E-state index in [1.165, 1.54) is 11.1 Å². The van der Waals surface area contributed by atoms with Gasteiger partial charge in [-0.2, -0.15) is 0 Å². The molecule has 0 radical (unpaired) electrons. The lowest BCUT2D eigenvalue weighted by Crippen LogP contribution is -1.72. The molecule has 3 heteroatoms. The van der Waals surface area contributed by atoms with Crippen molar-refractivity contribution in [1.82, 2.24) is 15.0 Å². The van der Waals surface area contributed by atoms with Gasteiger partial charge in [0.2, 0.25) is 0 Å². The number of hydrogen-bond donors (Lipinski definition) is 0. The number of aromatic nitrogens is 3. The van der Waals surface area contributed by atoms with E-state index in [-0.39, 0.29) is 22.3 Å². The maximum absolute atomic E-state index is 3.98. The van der Waals surface area contributed by atoms with E-state index in [0.717, 1.165) is 5.69 Å². The zero-order chi connectivity index (χ0) is 19.6. The van der Waals surface area contributed by atoms with Crippen molar-refractivity contribution in [2.45, 2.75) is 43.1 Å². The standard InChI is InChI=1S/3C6H7N.C6H6.3CH4/c1-6-2-4-7-5-3-6;1-6-3-2-4-7-5-6;1-6-4-2-3-5-7-6;1-2-4-6-5-3-1;;;/h3*2-5H,1H3;1-6H;3*1H4. The van der Waals surface area contributed by atoms with Gasteiger partial charge in [0.25, 0.3) is 0 Å². The minimum absolute atomic E-state index is 0. The number of pyridine rings is 3. The molecule has 0 saturated carbocycles. The lowest BCUT2D eigenvalue weighted by Gasteiger charge is -1.82. The molecular weight excluding hydrogens is 366 g/mol. The smallest absolute Gasteiger partial charge is 0.0372 e. The van der Waals surface area contributed by atoms with Gasteiger partial charge in [-0.3, -0.25) is 15.0 Å². The molecule has 0 fully saturated rings. The van der Waals surface area contributed by atoms with E-state index in [4.69, 9.17) is 0 Å². The lowest BCUT2D eigenvalue weighted by molar-refractivity contribution is 1.20. The second kappa shape index (κ2) is 22.0. The summed E-state index contributed by atoms with van der Waals surface area (Å²) in [6.07, 6.45) is 8.97.